The maximum atomic E-state index is 10.9. The molecule has 0 saturated carbocycles. The first-order valence-corrected chi connectivity index (χ1v) is 5.68. The van der Waals surface area contributed by atoms with Crippen molar-refractivity contribution >= 4 is 11.7 Å². The van der Waals surface area contributed by atoms with E-state index in [0.717, 1.165) is 0 Å². The van der Waals surface area contributed by atoms with E-state index in [1.807, 2.05) is 13.8 Å². The van der Waals surface area contributed by atoms with Crippen molar-refractivity contribution < 1.29 is 14.6 Å². The number of anilines is 1. The van der Waals surface area contributed by atoms with Crippen molar-refractivity contribution in [2.45, 2.75) is 20.0 Å². The molecule has 0 saturated heterocycles. The standard InChI is InChI=1S/C12H14N4O3/c1-7(2)19-9-3-8(4-14-5-9)16-6-10(13)11(15-16)12(17)18/h3-7H,13H2,1-2H3,(H,17,18). The molecule has 0 aliphatic rings. The first-order valence-electron chi connectivity index (χ1n) is 5.68. The first kappa shape index (κ1) is 12.9. The van der Waals surface area contributed by atoms with Gasteiger partial charge in [-0.25, -0.2) is 9.48 Å². The first-order chi connectivity index (χ1) is 8.97. The lowest BCUT2D eigenvalue weighted by molar-refractivity contribution is 0.0691. The predicted octanol–water partition coefficient (Wildman–Crippen LogP) is 1.33. The van der Waals surface area contributed by atoms with Gasteiger partial charge in [0.15, 0.2) is 5.69 Å². The normalized spacial score (nSPS) is 10.7. The predicted molar refractivity (Wildman–Crippen MR) is 68.5 cm³/mol. The Labute approximate surface area is 109 Å². The van der Waals surface area contributed by atoms with Crippen LogP contribution in [0.25, 0.3) is 5.69 Å². The highest BCUT2D eigenvalue weighted by atomic mass is 16.5. The van der Waals surface area contributed by atoms with Gasteiger partial charge < -0.3 is 15.6 Å². The quantitative estimate of drug-likeness (QED) is 0.861. The van der Waals surface area contributed by atoms with E-state index in [1.165, 1.54) is 10.9 Å². The van der Waals surface area contributed by atoms with Crippen molar-refractivity contribution in [3.05, 3.63) is 30.4 Å². The van der Waals surface area contributed by atoms with E-state index in [-0.39, 0.29) is 17.5 Å². The van der Waals surface area contributed by atoms with Crippen LogP contribution in [0.15, 0.2) is 24.7 Å². The summed E-state index contributed by atoms with van der Waals surface area (Å²) in [5.41, 5.74) is 6.08. The molecule has 19 heavy (non-hydrogen) atoms. The number of hydrogen-bond acceptors (Lipinski definition) is 5. The van der Waals surface area contributed by atoms with Crippen molar-refractivity contribution in [3.8, 4) is 11.4 Å². The maximum Gasteiger partial charge on any atom is 0.358 e. The monoisotopic (exact) mass is 262 g/mol. The molecule has 0 amide bonds. The summed E-state index contributed by atoms with van der Waals surface area (Å²) in [6.07, 6.45) is 4.58. The van der Waals surface area contributed by atoms with E-state index in [2.05, 4.69) is 10.1 Å². The number of rotatable bonds is 4. The highest BCUT2D eigenvalue weighted by Gasteiger charge is 2.14. The van der Waals surface area contributed by atoms with Crippen molar-refractivity contribution in [3.63, 3.8) is 0 Å². The number of aromatic carboxylic acids is 1. The van der Waals surface area contributed by atoms with Gasteiger partial charge in [0, 0.05) is 6.07 Å². The fourth-order valence-corrected chi connectivity index (χ4v) is 1.56. The summed E-state index contributed by atoms with van der Waals surface area (Å²) in [4.78, 5) is 14.9. The van der Waals surface area contributed by atoms with Crippen LogP contribution in [0.2, 0.25) is 0 Å². The van der Waals surface area contributed by atoms with Crippen LogP contribution in [-0.4, -0.2) is 31.9 Å². The summed E-state index contributed by atoms with van der Waals surface area (Å²) in [7, 11) is 0. The second kappa shape index (κ2) is 4.97. The van der Waals surface area contributed by atoms with Crippen LogP contribution in [0.5, 0.6) is 5.75 Å². The van der Waals surface area contributed by atoms with Crippen LogP contribution >= 0.6 is 0 Å². The van der Waals surface area contributed by atoms with Crippen LogP contribution < -0.4 is 10.5 Å². The Hall–Kier alpha value is -2.57. The lowest BCUT2D eigenvalue weighted by Crippen LogP contribution is -2.07. The van der Waals surface area contributed by atoms with Crippen LogP contribution in [0, 0.1) is 0 Å². The van der Waals surface area contributed by atoms with Crippen molar-refractivity contribution in [2.24, 2.45) is 0 Å². The molecule has 0 unspecified atom stereocenters. The number of ether oxygens (including phenoxy) is 1. The third-order valence-corrected chi connectivity index (χ3v) is 2.28. The molecule has 100 valence electrons. The molecule has 3 N–H and O–H groups in total. The van der Waals surface area contributed by atoms with Gasteiger partial charge in [0.25, 0.3) is 0 Å². The summed E-state index contributed by atoms with van der Waals surface area (Å²) in [5, 5.41) is 12.8. The molecule has 0 aromatic carbocycles. The molecule has 2 aromatic heterocycles. The number of aromatic nitrogens is 3. The van der Waals surface area contributed by atoms with E-state index in [9.17, 15) is 4.79 Å². The van der Waals surface area contributed by atoms with Gasteiger partial charge >= 0.3 is 5.97 Å². The van der Waals surface area contributed by atoms with Gasteiger partial charge in [-0.15, -0.1) is 0 Å². The molecule has 7 nitrogen and oxygen atoms in total. The van der Waals surface area contributed by atoms with Crippen molar-refractivity contribution in [1.29, 1.82) is 0 Å². The second-order valence-corrected chi connectivity index (χ2v) is 4.23. The summed E-state index contributed by atoms with van der Waals surface area (Å²) in [6, 6.07) is 1.71. The third kappa shape index (κ3) is 2.82. The molecule has 0 aliphatic carbocycles. The van der Waals surface area contributed by atoms with Crippen LogP contribution in [0.1, 0.15) is 24.3 Å². The van der Waals surface area contributed by atoms with Crippen LogP contribution in [0.3, 0.4) is 0 Å². The summed E-state index contributed by atoms with van der Waals surface area (Å²) >= 11 is 0. The Morgan fingerprint density at radius 3 is 2.79 bits per heavy atom. The zero-order valence-corrected chi connectivity index (χ0v) is 10.6. The SMILES string of the molecule is CC(C)Oc1cncc(-n2cc(N)c(C(=O)O)n2)c1. The number of carboxylic acid groups (broad SMARTS) is 1. The molecular weight excluding hydrogens is 248 g/mol. The fraction of sp³-hybridized carbons (Fsp3) is 0.250. The van der Waals surface area contributed by atoms with E-state index < -0.39 is 5.97 Å². The van der Waals surface area contributed by atoms with E-state index >= 15 is 0 Å². The van der Waals surface area contributed by atoms with Crippen molar-refractivity contribution in [2.75, 3.05) is 5.73 Å². The summed E-state index contributed by atoms with van der Waals surface area (Å²) in [5.74, 6) is -0.586. The van der Waals surface area contributed by atoms with Crippen LogP contribution in [0.4, 0.5) is 5.69 Å². The van der Waals surface area contributed by atoms with E-state index in [4.69, 9.17) is 15.6 Å². The molecule has 0 atom stereocenters. The number of carbonyl (C=O) groups is 1. The molecule has 2 rings (SSSR count). The topological polar surface area (TPSA) is 103 Å². The molecule has 7 heteroatoms. The number of nitrogen functional groups attached to an aromatic ring is 1. The number of nitrogens with two attached hydrogens (primary N) is 1. The number of nitrogens with zero attached hydrogens (tertiary/aromatic N) is 3. The molecule has 2 aromatic rings. The molecule has 0 fully saturated rings. The molecule has 0 aliphatic heterocycles. The largest absolute Gasteiger partial charge is 0.489 e. The Morgan fingerprint density at radius 2 is 2.21 bits per heavy atom. The zero-order chi connectivity index (χ0) is 14.0. The van der Waals surface area contributed by atoms with Gasteiger partial charge in [0.05, 0.1) is 36.1 Å². The summed E-state index contributed by atoms with van der Waals surface area (Å²) < 4.78 is 6.87. The molecule has 2 heterocycles. The van der Waals surface area contributed by atoms with Gasteiger partial charge in [0.1, 0.15) is 5.75 Å². The van der Waals surface area contributed by atoms with Gasteiger partial charge in [-0.3, -0.25) is 4.98 Å². The van der Waals surface area contributed by atoms with Gasteiger partial charge in [-0.2, -0.15) is 5.10 Å². The Bertz CT molecular complexity index is 607. The van der Waals surface area contributed by atoms with E-state index in [1.54, 1.807) is 18.5 Å². The highest BCUT2D eigenvalue weighted by molar-refractivity contribution is 5.91. The highest BCUT2D eigenvalue weighted by Crippen LogP contribution is 2.18. The maximum absolute atomic E-state index is 10.9. The third-order valence-electron chi connectivity index (χ3n) is 2.28. The molecule has 0 spiro atoms. The number of carboxylic acids is 1. The summed E-state index contributed by atoms with van der Waals surface area (Å²) in [6.45, 7) is 3.81. The smallest absolute Gasteiger partial charge is 0.358 e. The fourth-order valence-electron chi connectivity index (χ4n) is 1.56. The minimum atomic E-state index is -1.17. The van der Waals surface area contributed by atoms with Gasteiger partial charge in [-0.1, -0.05) is 0 Å². The Balaban J connectivity index is 2.36. The lowest BCUT2D eigenvalue weighted by Gasteiger charge is -2.10. The van der Waals surface area contributed by atoms with Crippen LogP contribution in [-0.2, 0) is 0 Å². The number of pyridine rings is 1. The Kier molecular flexibility index (Phi) is 3.37. The molecular formula is C12H14N4O3. The zero-order valence-electron chi connectivity index (χ0n) is 10.6. The minimum Gasteiger partial charge on any atom is -0.489 e. The van der Waals surface area contributed by atoms with E-state index in [0.29, 0.717) is 11.4 Å². The molecule has 0 bridgehead atoms. The van der Waals surface area contributed by atoms with Gasteiger partial charge in [-0.05, 0) is 13.8 Å². The second-order valence-electron chi connectivity index (χ2n) is 4.23. The average molecular weight is 262 g/mol. The Morgan fingerprint density at radius 1 is 1.47 bits per heavy atom. The van der Waals surface area contributed by atoms with Crippen molar-refractivity contribution in [1.82, 2.24) is 14.8 Å². The molecule has 0 radical (unpaired) electrons. The van der Waals surface area contributed by atoms with Gasteiger partial charge in [0.2, 0.25) is 0 Å². The minimum absolute atomic E-state index is 0.0225. The lowest BCUT2D eigenvalue weighted by atomic mass is 10.4. The number of hydrogen-bond donors (Lipinski definition) is 2. The average Bonchev–Trinajstić information content (AvgIpc) is 2.71.